The number of carboxylic acids is 1. The summed E-state index contributed by atoms with van der Waals surface area (Å²) in [4.78, 5) is 10.7. The van der Waals surface area contributed by atoms with E-state index in [0.29, 0.717) is 12.1 Å². The molecule has 1 aromatic carbocycles. The number of nitrogens with two attached hydrogens (primary N) is 1. The molecule has 0 bridgehead atoms. The zero-order chi connectivity index (χ0) is 13.3. The van der Waals surface area contributed by atoms with Crippen LogP contribution in [0.25, 0.3) is 0 Å². The van der Waals surface area contributed by atoms with Crippen molar-refractivity contribution in [1.29, 1.82) is 0 Å². The number of hydrogen-bond acceptors (Lipinski definition) is 2. The molecule has 0 spiro atoms. The van der Waals surface area contributed by atoms with Gasteiger partial charge in [-0.2, -0.15) is 0 Å². The van der Waals surface area contributed by atoms with Crippen molar-refractivity contribution in [2.75, 3.05) is 6.54 Å². The molecule has 1 aliphatic carbocycles. The van der Waals surface area contributed by atoms with Crippen molar-refractivity contribution in [1.82, 2.24) is 0 Å². The summed E-state index contributed by atoms with van der Waals surface area (Å²) in [5, 5.41) is 8.72. The topological polar surface area (TPSA) is 63.3 Å². The number of rotatable bonds is 3. The Kier molecular flexibility index (Phi) is 3.34. The Balaban J connectivity index is 2.50. The minimum atomic E-state index is -1.59. The summed E-state index contributed by atoms with van der Waals surface area (Å²) in [5.41, 5.74) is 4.91. The van der Waals surface area contributed by atoms with Gasteiger partial charge in [0, 0.05) is 12.0 Å². The summed E-state index contributed by atoms with van der Waals surface area (Å²) in [6, 6.07) is 2.23. The van der Waals surface area contributed by atoms with Gasteiger partial charge >= 0.3 is 5.97 Å². The van der Waals surface area contributed by atoms with Gasteiger partial charge in [-0.3, -0.25) is 0 Å². The maximum absolute atomic E-state index is 13.7. The van der Waals surface area contributed by atoms with Crippen molar-refractivity contribution < 1.29 is 18.7 Å². The van der Waals surface area contributed by atoms with Crippen LogP contribution in [0.1, 0.15) is 41.6 Å². The Morgan fingerprint density at radius 2 is 1.78 bits per heavy atom. The van der Waals surface area contributed by atoms with Gasteiger partial charge in [-0.05, 0) is 30.5 Å². The highest BCUT2D eigenvalue weighted by molar-refractivity contribution is 5.88. The quantitative estimate of drug-likeness (QED) is 0.871. The van der Waals surface area contributed by atoms with Gasteiger partial charge in [-0.25, -0.2) is 13.6 Å². The predicted octanol–water partition coefficient (Wildman–Crippen LogP) is 2.43. The van der Waals surface area contributed by atoms with E-state index in [9.17, 15) is 13.6 Å². The van der Waals surface area contributed by atoms with E-state index in [1.807, 2.05) is 0 Å². The molecular weight excluding hydrogens is 240 g/mol. The van der Waals surface area contributed by atoms with Crippen LogP contribution in [0.3, 0.4) is 0 Å². The highest BCUT2D eigenvalue weighted by atomic mass is 19.1. The highest BCUT2D eigenvalue weighted by Gasteiger charge is 2.35. The molecule has 18 heavy (non-hydrogen) atoms. The van der Waals surface area contributed by atoms with E-state index in [4.69, 9.17) is 10.8 Å². The highest BCUT2D eigenvalue weighted by Crippen LogP contribution is 2.41. The first-order valence-corrected chi connectivity index (χ1v) is 5.93. The molecule has 3 nitrogen and oxygen atoms in total. The lowest BCUT2D eigenvalue weighted by atomic mass is 9.78. The number of benzene rings is 1. The Morgan fingerprint density at radius 3 is 2.17 bits per heavy atom. The van der Waals surface area contributed by atoms with Crippen LogP contribution in [-0.2, 0) is 5.41 Å². The molecule has 0 atom stereocenters. The Hall–Kier alpha value is -1.49. The second kappa shape index (κ2) is 4.65. The number of hydrogen-bond donors (Lipinski definition) is 2. The zero-order valence-corrected chi connectivity index (χ0v) is 9.88. The Morgan fingerprint density at radius 1 is 1.28 bits per heavy atom. The fourth-order valence-electron chi connectivity index (χ4n) is 2.75. The van der Waals surface area contributed by atoms with Crippen LogP contribution in [0.2, 0.25) is 0 Å². The second-order valence-electron chi connectivity index (χ2n) is 4.81. The SMILES string of the molecule is NCC1(c2cc(F)c(C(=O)O)c(F)c2)CCCC1. The van der Waals surface area contributed by atoms with Gasteiger partial charge in [0.1, 0.15) is 17.2 Å². The summed E-state index contributed by atoms with van der Waals surface area (Å²) in [6.07, 6.45) is 3.52. The lowest BCUT2D eigenvalue weighted by molar-refractivity contribution is 0.0686. The number of halogens is 2. The van der Waals surface area contributed by atoms with Crippen LogP contribution >= 0.6 is 0 Å². The van der Waals surface area contributed by atoms with Gasteiger partial charge in [-0.15, -0.1) is 0 Å². The average molecular weight is 255 g/mol. The maximum atomic E-state index is 13.7. The van der Waals surface area contributed by atoms with E-state index in [2.05, 4.69) is 0 Å². The van der Waals surface area contributed by atoms with Crippen LogP contribution in [0.5, 0.6) is 0 Å². The standard InChI is InChI=1S/C13H15F2NO2/c14-9-5-8(6-10(15)11(9)12(17)18)13(7-16)3-1-2-4-13/h5-6H,1-4,7,16H2,(H,17,18). The first-order chi connectivity index (χ1) is 8.50. The lowest BCUT2D eigenvalue weighted by Gasteiger charge is -2.28. The third kappa shape index (κ3) is 1.99. The normalized spacial score (nSPS) is 17.9. The summed E-state index contributed by atoms with van der Waals surface area (Å²) >= 11 is 0. The number of carbonyl (C=O) groups is 1. The third-order valence-electron chi connectivity index (χ3n) is 3.82. The van der Waals surface area contributed by atoms with Gasteiger partial charge in [0.25, 0.3) is 0 Å². The fraction of sp³-hybridized carbons (Fsp3) is 0.462. The smallest absolute Gasteiger partial charge is 0.341 e. The Labute approximate surface area is 104 Å². The average Bonchev–Trinajstić information content (AvgIpc) is 2.77. The van der Waals surface area contributed by atoms with Crippen molar-refractivity contribution >= 4 is 5.97 Å². The Bertz CT molecular complexity index is 459. The van der Waals surface area contributed by atoms with Crippen molar-refractivity contribution in [2.45, 2.75) is 31.1 Å². The fourth-order valence-corrected chi connectivity index (χ4v) is 2.75. The summed E-state index contributed by atoms with van der Waals surface area (Å²) < 4.78 is 27.3. The number of carboxylic acid groups (broad SMARTS) is 1. The molecule has 0 saturated heterocycles. The molecule has 3 N–H and O–H groups in total. The van der Waals surface area contributed by atoms with E-state index < -0.39 is 28.6 Å². The zero-order valence-electron chi connectivity index (χ0n) is 9.88. The molecule has 0 aliphatic heterocycles. The molecule has 0 radical (unpaired) electrons. The second-order valence-corrected chi connectivity index (χ2v) is 4.81. The predicted molar refractivity (Wildman–Crippen MR) is 62.5 cm³/mol. The van der Waals surface area contributed by atoms with E-state index in [0.717, 1.165) is 37.8 Å². The van der Waals surface area contributed by atoms with Crippen molar-refractivity contribution in [2.24, 2.45) is 5.73 Å². The molecule has 2 rings (SSSR count). The van der Waals surface area contributed by atoms with Crippen LogP contribution in [-0.4, -0.2) is 17.6 Å². The first kappa shape index (κ1) is 13.0. The van der Waals surface area contributed by atoms with E-state index in [1.54, 1.807) is 0 Å². The van der Waals surface area contributed by atoms with Crippen molar-refractivity contribution in [3.05, 3.63) is 34.9 Å². The minimum absolute atomic E-state index is 0.318. The molecule has 1 aromatic rings. The molecule has 1 aliphatic rings. The largest absolute Gasteiger partial charge is 0.477 e. The van der Waals surface area contributed by atoms with Crippen molar-refractivity contribution in [3.8, 4) is 0 Å². The third-order valence-corrected chi connectivity index (χ3v) is 3.82. The molecular formula is C13H15F2NO2. The van der Waals surface area contributed by atoms with E-state index in [1.165, 1.54) is 0 Å². The van der Waals surface area contributed by atoms with Crippen molar-refractivity contribution in [3.63, 3.8) is 0 Å². The first-order valence-electron chi connectivity index (χ1n) is 5.93. The monoisotopic (exact) mass is 255 g/mol. The molecule has 0 unspecified atom stereocenters. The summed E-state index contributed by atoms with van der Waals surface area (Å²) in [6.45, 7) is 0.318. The molecule has 1 fully saturated rings. The van der Waals surface area contributed by atoms with Gasteiger partial charge in [0.2, 0.25) is 0 Å². The molecule has 1 saturated carbocycles. The summed E-state index contributed by atoms with van der Waals surface area (Å²) in [7, 11) is 0. The van der Waals surface area contributed by atoms with Gasteiger partial charge in [0.15, 0.2) is 0 Å². The van der Waals surface area contributed by atoms with Gasteiger partial charge in [0.05, 0.1) is 0 Å². The summed E-state index contributed by atoms with van der Waals surface area (Å²) in [5.74, 6) is -3.65. The molecule has 0 aromatic heterocycles. The maximum Gasteiger partial charge on any atom is 0.341 e. The van der Waals surface area contributed by atoms with Gasteiger partial charge < -0.3 is 10.8 Å². The van der Waals surface area contributed by atoms with E-state index >= 15 is 0 Å². The number of aromatic carboxylic acids is 1. The van der Waals surface area contributed by atoms with Crippen LogP contribution in [0, 0.1) is 11.6 Å². The molecule has 0 heterocycles. The van der Waals surface area contributed by atoms with E-state index in [-0.39, 0.29) is 0 Å². The van der Waals surface area contributed by atoms with Crippen LogP contribution < -0.4 is 5.73 Å². The molecule has 5 heteroatoms. The molecule has 0 amide bonds. The minimum Gasteiger partial charge on any atom is -0.477 e. The van der Waals surface area contributed by atoms with Gasteiger partial charge in [-0.1, -0.05) is 12.8 Å². The lowest BCUT2D eigenvalue weighted by Crippen LogP contribution is -2.32. The molecule has 98 valence electrons. The van der Waals surface area contributed by atoms with Crippen LogP contribution in [0.15, 0.2) is 12.1 Å². The van der Waals surface area contributed by atoms with Crippen LogP contribution in [0.4, 0.5) is 8.78 Å².